The number of rotatable bonds is 5. The number of halogens is 1. The van der Waals surface area contributed by atoms with Gasteiger partial charge in [-0.25, -0.2) is 9.78 Å². The minimum Gasteiger partial charge on any atom is -0.483 e. The Balaban J connectivity index is 1.64. The molecule has 3 heterocycles. The van der Waals surface area contributed by atoms with Gasteiger partial charge in [0.25, 0.3) is 5.91 Å². The molecule has 1 aliphatic rings. The number of cyclic esters (lactones) is 1. The molecule has 0 bridgehead atoms. The van der Waals surface area contributed by atoms with Crippen LogP contribution in [0.5, 0.6) is 5.75 Å². The summed E-state index contributed by atoms with van der Waals surface area (Å²) < 4.78 is 17.5. The van der Waals surface area contributed by atoms with Crippen LogP contribution in [0.15, 0.2) is 51.7 Å². The lowest BCUT2D eigenvalue weighted by molar-refractivity contribution is 0.0988. The van der Waals surface area contributed by atoms with Gasteiger partial charge in [-0.1, -0.05) is 11.6 Å². The van der Waals surface area contributed by atoms with Crippen molar-refractivity contribution in [2.45, 2.75) is 33.5 Å². The average Bonchev–Trinajstić information content (AvgIpc) is 2.86. The Morgan fingerprint density at radius 1 is 1.16 bits per heavy atom. The van der Waals surface area contributed by atoms with Crippen LogP contribution < -0.4 is 21.2 Å². The maximum absolute atomic E-state index is 13.5. The Kier molecular flexibility index (Phi) is 6.08. The Hall–Kier alpha value is -4.37. The third-order valence-electron chi connectivity index (χ3n) is 6.15. The first-order valence-electron chi connectivity index (χ1n) is 11.4. The first kappa shape index (κ1) is 24.3. The van der Waals surface area contributed by atoms with Crippen molar-refractivity contribution in [2.24, 2.45) is 5.73 Å². The van der Waals surface area contributed by atoms with Crippen LogP contribution in [0.3, 0.4) is 0 Å². The molecule has 9 nitrogen and oxygen atoms in total. The maximum Gasteiger partial charge on any atom is 0.411 e. The first-order valence-corrected chi connectivity index (χ1v) is 11.8. The number of carbonyl (C=O) groups excluding carboxylic acids is 2. The summed E-state index contributed by atoms with van der Waals surface area (Å²) in [6, 6.07) is 12.0. The SMILES string of the molecule is Cc1cc(C(C)Oc2ccc(Cl)nc2C(N)=O)c2oc(-c3ccc4c(c3)COC(=O)N4)c(C)c(=O)c2c1. The van der Waals surface area contributed by atoms with Gasteiger partial charge in [0.1, 0.15) is 29.2 Å². The van der Waals surface area contributed by atoms with E-state index in [0.29, 0.717) is 39.1 Å². The zero-order chi connectivity index (χ0) is 26.4. The molecule has 1 aliphatic heterocycles. The van der Waals surface area contributed by atoms with Crippen molar-refractivity contribution in [3.63, 3.8) is 0 Å². The molecule has 1 atom stereocenters. The van der Waals surface area contributed by atoms with Crippen molar-refractivity contribution < 1.29 is 23.5 Å². The quantitative estimate of drug-likeness (QED) is 0.336. The minimum absolute atomic E-state index is 0.0994. The highest BCUT2D eigenvalue weighted by atomic mass is 35.5. The van der Waals surface area contributed by atoms with Crippen molar-refractivity contribution >= 4 is 40.3 Å². The van der Waals surface area contributed by atoms with E-state index in [4.69, 9.17) is 31.2 Å². The lowest BCUT2D eigenvalue weighted by Crippen LogP contribution is -2.20. The molecule has 2 aromatic carbocycles. The molecule has 188 valence electrons. The standard InChI is InChI=1S/C27H22ClN3O6/c1-12-8-17(14(3)36-20-6-7-21(28)31-22(20)26(29)33)25-18(9-12)23(32)13(2)24(37-25)15-4-5-19-16(10-15)11-35-27(34)30-19/h4-10,14H,11H2,1-3H3,(H2,29,33)(H,30,34). The third-order valence-corrected chi connectivity index (χ3v) is 6.36. The lowest BCUT2D eigenvalue weighted by atomic mass is 9.99. The van der Waals surface area contributed by atoms with Crippen LogP contribution >= 0.6 is 11.6 Å². The van der Waals surface area contributed by atoms with Gasteiger partial charge in [-0.15, -0.1) is 0 Å². The van der Waals surface area contributed by atoms with E-state index < -0.39 is 18.1 Å². The number of primary amides is 1. The topological polar surface area (TPSA) is 134 Å². The Labute approximate surface area is 216 Å². The fraction of sp³-hybridized carbons (Fsp3) is 0.185. The molecule has 3 N–H and O–H groups in total. The molecule has 0 saturated carbocycles. The summed E-state index contributed by atoms with van der Waals surface area (Å²) in [7, 11) is 0. The number of fused-ring (bicyclic) bond motifs is 2. The second-order valence-electron chi connectivity index (χ2n) is 8.79. The molecule has 5 rings (SSSR count). The fourth-order valence-corrected chi connectivity index (χ4v) is 4.51. The number of ether oxygens (including phenoxy) is 2. The molecular formula is C27H22ClN3O6. The number of nitrogens with two attached hydrogens (primary N) is 1. The lowest BCUT2D eigenvalue weighted by Gasteiger charge is -2.20. The number of nitrogens with zero attached hydrogens (tertiary/aromatic N) is 1. The van der Waals surface area contributed by atoms with E-state index in [1.54, 1.807) is 32.0 Å². The van der Waals surface area contributed by atoms with Crippen LogP contribution in [0.2, 0.25) is 5.15 Å². The largest absolute Gasteiger partial charge is 0.483 e. The van der Waals surface area contributed by atoms with Gasteiger partial charge in [-0.2, -0.15) is 0 Å². The predicted molar refractivity (Wildman–Crippen MR) is 138 cm³/mol. The molecule has 10 heteroatoms. The van der Waals surface area contributed by atoms with E-state index in [-0.39, 0.29) is 28.6 Å². The van der Waals surface area contributed by atoms with Gasteiger partial charge in [0, 0.05) is 22.3 Å². The zero-order valence-corrected chi connectivity index (χ0v) is 20.9. The van der Waals surface area contributed by atoms with Gasteiger partial charge < -0.3 is 19.6 Å². The smallest absolute Gasteiger partial charge is 0.411 e. The number of hydrogen-bond donors (Lipinski definition) is 2. The average molecular weight is 520 g/mol. The fourth-order valence-electron chi connectivity index (χ4n) is 4.36. The van der Waals surface area contributed by atoms with Crippen LogP contribution in [-0.4, -0.2) is 17.0 Å². The number of aromatic nitrogens is 1. The van der Waals surface area contributed by atoms with Gasteiger partial charge in [0.15, 0.2) is 16.9 Å². The molecule has 0 fully saturated rings. The summed E-state index contributed by atoms with van der Waals surface area (Å²) in [6.07, 6.45) is -1.16. The number of pyridine rings is 1. The zero-order valence-electron chi connectivity index (χ0n) is 20.2. The van der Waals surface area contributed by atoms with Crippen molar-refractivity contribution in [1.29, 1.82) is 0 Å². The Bertz CT molecular complexity index is 1660. The van der Waals surface area contributed by atoms with Crippen LogP contribution in [0, 0.1) is 13.8 Å². The van der Waals surface area contributed by atoms with E-state index in [1.165, 1.54) is 12.1 Å². The normalized spacial score (nSPS) is 13.5. The summed E-state index contributed by atoms with van der Waals surface area (Å²) >= 11 is 5.92. The first-order chi connectivity index (χ1) is 17.6. The van der Waals surface area contributed by atoms with E-state index in [2.05, 4.69) is 10.3 Å². The summed E-state index contributed by atoms with van der Waals surface area (Å²) in [5.41, 5.74) is 9.47. The second kappa shape index (κ2) is 9.25. The number of hydrogen-bond acceptors (Lipinski definition) is 7. The van der Waals surface area contributed by atoms with E-state index in [0.717, 1.165) is 11.1 Å². The summed E-state index contributed by atoms with van der Waals surface area (Å²) in [5, 5.41) is 3.16. The van der Waals surface area contributed by atoms with Gasteiger partial charge >= 0.3 is 6.09 Å². The molecular weight excluding hydrogens is 498 g/mol. The van der Waals surface area contributed by atoms with Gasteiger partial charge in [-0.3, -0.25) is 14.9 Å². The third kappa shape index (κ3) is 4.49. The molecule has 2 aromatic heterocycles. The number of carbonyl (C=O) groups is 2. The molecule has 0 aliphatic carbocycles. The predicted octanol–water partition coefficient (Wildman–Crippen LogP) is 5.43. The summed E-state index contributed by atoms with van der Waals surface area (Å²) in [4.78, 5) is 40.8. The molecule has 0 radical (unpaired) electrons. The van der Waals surface area contributed by atoms with Gasteiger partial charge in [-0.05, 0) is 68.8 Å². The van der Waals surface area contributed by atoms with Crippen molar-refractivity contribution in [2.75, 3.05) is 5.32 Å². The number of amides is 2. The highest BCUT2D eigenvalue weighted by molar-refractivity contribution is 6.29. The van der Waals surface area contributed by atoms with Crippen LogP contribution in [0.25, 0.3) is 22.3 Å². The van der Waals surface area contributed by atoms with Crippen LogP contribution in [-0.2, 0) is 11.3 Å². The minimum atomic E-state index is -0.782. The monoisotopic (exact) mass is 519 g/mol. The number of aryl methyl sites for hydroxylation is 1. The molecule has 1 unspecified atom stereocenters. The van der Waals surface area contributed by atoms with Crippen molar-refractivity contribution in [3.8, 4) is 17.1 Å². The maximum atomic E-state index is 13.5. The Morgan fingerprint density at radius 3 is 2.70 bits per heavy atom. The second-order valence-corrected chi connectivity index (χ2v) is 9.18. The van der Waals surface area contributed by atoms with Gasteiger partial charge in [0.05, 0.1) is 11.1 Å². The molecule has 0 spiro atoms. The number of benzene rings is 2. The number of nitrogens with one attached hydrogen (secondary N) is 1. The summed E-state index contributed by atoms with van der Waals surface area (Å²) in [5.74, 6) is -0.234. The highest BCUT2D eigenvalue weighted by Gasteiger charge is 2.23. The van der Waals surface area contributed by atoms with E-state index in [9.17, 15) is 14.4 Å². The van der Waals surface area contributed by atoms with Crippen LogP contribution in [0.1, 0.15) is 45.8 Å². The molecule has 0 saturated heterocycles. The molecule has 37 heavy (non-hydrogen) atoms. The van der Waals surface area contributed by atoms with Crippen molar-refractivity contribution in [1.82, 2.24) is 4.98 Å². The van der Waals surface area contributed by atoms with E-state index in [1.807, 2.05) is 19.1 Å². The van der Waals surface area contributed by atoms with Crippen LogP contribution in [0.4, 0.5) is 10.5 Å². The van der Waals surface area contributed by atoms with Gasteiger partial charge in [0.2, 0.25) is 0 Å². The highest BCUT2D eigenvalue weighted by Crippen LogP contribution is 2.35. The summed E-state index contributed by atoms with van der Waals surface area (Å²) in [6.45, 7) is 5.46. The van der Waals surface area contributed by atoms with Crippen molar-refractivity contribution in [3.05, 3.63) is 85.8 Å². The number of anilines is 1. The molecule has 4 aromatic rings. The Morgan fingerprint density at radius 2 is 1.95 bits per heavy atom. The van der Waals surface area contributed by atoms with E-state index >= 15 is 0 Å². The molecule has 2 amide bonds.